The molecule has 0 aliphatic rings. The number of aliphatic hydroxyl groups excluding tert-OH is 2. The van der Waals surface area contributed by atoms with E-state index in [0.29, 0.717) is 0 Å². The molecular weight excluding hydrogens is 269 g/mol. The SMILES string of the molecule is C[N+](C)(C)C(=O)C(=O)OP(=O)(O)OCC(O)CO. The van der Waals surface area contributed by atoms with Gasteiger partial charge in [-0.05, 0) is 0 Å². The van der Waals surface area contributed by atoms with E-state index in [4.69, 9.17) is 15.1 Å². The van der Waals surface area contributed by atoms with E-state index in [2.05, 4.69) is 9.05 Å². The predicted octanol–water partition coefficient (Wildman–Crippen LogP) is -1.77. The second-order valence-electron chi connectivity index (χ2n) is 4.30. The number of likely N-dealkylation sites (N-methyl/N-ethyl adjacent to an activating group) is 1. The van der Waals surface area contributed by atoms with Crippen LogP contribution in [0.2, 0.25) is 0 Å². The van der Waals surface area contributed by atoms with Crippen LogP contribution in [0.1, 0.15) is 0 Å². The number of quaternary nitrogens is 1. The van der Waals surface area contributed by atoms with Crippen molar-refractivity contribution in [3.8, 4) is 0 Å². The quantitative estimate of drug-likeness (QED) is 0.307. The number of amides is 1. The Morgan fingerprint density at radius 3 is 2.22 bits per heavy atom. The van der Waals surface area contributed by atoms with Crippen molar-refractivity contribution >= 4 is 19.7 Å². The number of hydrogen-bond donors (Lipinski definition) is 3. The highest BCUT2D eigenvalue weighted by Crippen LogP contribution is 2.43. The van der Waals surface area contributed by atoms with Gasteiger partial charge in [-0.2, -0.15) is 0 Å². The Morgan fingerprint density at radius 1 is 1.33 bits per heavy atom. The van der Waals surface area contributed by atoms with Gasteiger partial charge in [0.25, 0.3) is 0 Å². The van der Waals surface area contributed by atoms with Crippen LogP contribution in [0, 0.1) is 0 Å². The summed E-state index contributed by atoms with van der Waals surface area (Å²) in [6.45, 7) is -1.40. The van der Waals surface area contributed by atoms with Gasteiger partial charge in [0.15, 0.2) is 0 Å². The van der Waals surface area contributed by atoms with E-state index in [9.17, 15) is 14.2 Å². The minimum atomic E-state index is -4.79. The number of nitrogens with zero attached hydrogens (tertiary/aromatic N) is 1. The third-order valence-corrected chi connectivity index (χ3v) is 2.49. The van der Waals surface area contributed by atoms with Gasteiger partial charge in [-0.25, -0.2) is 14.2 Å². The molecule has 0 aliphatic carbocycles. The molecule has 2 unspecified atom stereocenters. The monoisotopic (exact) mass is 286 g/mol. The first kappa shape index (κ1) is 17.2. The third-order valence-electron chi connectivity index (χ3n) is 1.62. The summed E-state index contributed by atoms with van der Waals surface area (Å²) in [5, 5.41) is 17.3. The smallest absolute Gasteiger partial charge is 0.394 e. The molecule has 10 heteroatoms. The summed E-state index contributed by atoms with van der Waals surface area (Å²) >= 11 is 0. The maximum atomic E-state index is 11.4. The van der Waals surface area contributed by atoms with Crippen LogP contribution in [0.25, 0.3) is 0 Å². The fraction of sp³-hybridized carbons (Fsp3) is 0.750. The Kier molecular flexibility index (Phi) is 6.08. The van der Waals surface area contributed by atoms with Gasteiger partial charge in [-0.3, -0.25) is 13.9 Å². The zero-order valence-electron chi connectivity index (χ0n) is 10.3. The summed E-state index contributed by atoms with van der Waals surface area (Å²) < 4.78 is 19.0. The van der Waals surface area contributed by atoms with E-state index in [0.717, 1.165) is 0 Å². The van der Waals surface area contributed by atoms with E-state index >= 15 is 0 Å². The van der Waals surface area contributed by atoms with Crippen molar-refractivity contribution in [2.45, 2.75) is 6.10 Å². The predicted molar refractivity (Wildman–Crippen MR) is 58.0 cm³/mol. The van der Waals surface area contributed by atoms with E-state index in [1.807, 2.05) is 0 Å². The summed E-state index contributed by atoms with van der Waals surface area (Å²) in [6.07, 6.45) is -1.39. The molecule has 0 spiro atoms. The molecule has 1 amide bonds. The lowest BCUT2D eigenvalue weighted by atomic mass is 10.4. The van der Waals surface area contributed by atoms with Crippen LogP contribution in [0.5, 0.6) is 0 Å². The maximum Gasteiger partial charge on any atom is 0.530 e. The van der Waals surface area contributed by atoms with Crippen LogP contribution in [0.15, 0.2) is 0 Å². The van der Waals surface area contributed by atoms with Crippen molar-refractivity contribution in [2.75, 3.05) is 34.4 Å². The Labute approximate surface area is 104 Å². The molecule has 3 N–H and O–H groups in total. The van der Waals surface area contributed by atoms with Gasteiger partial charge < -0.3 is 14.7 Å². The van der Waals surface area contributed by atoms with Crippen LogP contribution in [-0.2, 0) is 23.2 Å². The topological polar surface area (TPSA) is 130 Å². The maximum absolute atomic E-state index is 11.4. The number of aliphatic hydroxyl groups is 2. The average molecular weight is 286 g/mol. The van der Waals surface area contributed by atoms with Gasteiger partial charge in [0.05, 0.1) is 34.4 Å². The van der Waals surface area contributed by atoms with Gasteiger partial charge in [0.1, 0.15) is 6.10 Å². The third kappa shape index (κ3) is 6.20. The highest BCUT2D eigenvalue weighted by Gasteiger charge is 2.37. The number of phosphoric ester groups is 1. The largest absolute Gasteiger partial charge is 0.530 e. The molecule has 0 saturated carbocycles. The van der Waals surface area contributed by atoms with E-state index in [1.165, 1.54) is 21.1 Å². The van der Waals surface area contributed by atoms with Crippen LogP contribution < -0.4 is 0 Å². The number of carbonyl (C=O) groups is 2. The van der Waals surface area contributed by atoms with Crippen LogP contribution in [0.4, 0.5) is 0 Å². The Morgan fingerprint density at radius 2 is 1.83 bits per heavy atom. The van der Waals surface area contributed by atoms with Crippen molar-refractivity contribution < 1.29 is 42.8 Å². The fourth-order valence-corrected chi connectivity index (χ4v) is 1.38. The van der Waals surface area contributed by atoms with Gasteiger partial charge in [-0.15, -0.1) is 0 Å². The standard InChI is InChI=1S/C8H16NO8P/c1-9(2,3)7(12)8(13)17-18(14,15)16-5-6(11)4-10/h6,10-11H,4-5H2,1-3H3/p+1. The molecule has 0 heterocycles. The molecule has 0 saturated heterocycles. The first-order chi connectivity index (χ1) is 7.99. The molecule has 2 atom stereocenters. The number of phosphoric acid groups is 1. The molecule has 9 nitrogen and oxygen atoms in total. The first-order valence-corrected chi connectivity index (χ1v) is 6.35. The summed E-state index contributed by atoms with van der Waals surface area (Å²) in [4.78, 5) is 31.6. The van der Waals surface area contributed by atoms with Gasteiger partial charge in [0.2, 0.25) is 0 Å². The van der Waals surface area contributed by atoms with Crippen LogP contribution in [0.3, 0.4) is 0 Å². The van der Waals surface area contributed by atoms with E-state index in [1.54, 1.807) is 0 Å². The molecule has 0 rings (SSSR count). The molecule has 0 fully saturated rings. The molecule has 0 aromatic carbocycles. The zero-order chi connectivity index (χ0) is 14.6. The van der Waals surface area contributed by atoms with Crippen molar-refractivity contribution in [2.24, 2.45) is 0 Å². The van der Waals surface area contributed by atoms with Crippen LogP contribution >= 0.6 is 7.82 Å². The molecule has 0 aromatic heterocycles. The Balaban J connectivity index is 4.46. The fourth-order valence-electron chi connectivity index (χ4n) is 0.677. The Bertz CT molecular complexity index is 363. The lowest BCUT2D eigenvalue weighted by Gasteiger charge is -2.19. The van der Waals surface area contributed by atoms with Crippen LogP contribution in [-0.4, -0.2) is 71.9 Å². The van der Waals surface area contributed by atoms with E-state index < -0.39 is 43.5 Å². The van der Waals surface area contributed by atoms with Crippen molar-refractivity contribution in [1.29, 1.82) is 0 Å². The lowest BCUT2D eigenvalue weighted by Crippen LogP contribution is -2.46. The molecule has 0 bridgehead atoms. The van der Waals surface area contributed by atoms with Gasteiger partial charge in [0, 0.05) is 0 Å². The number of rotatable bonds is 5. The molecule has 106 valence electrons. The Hall–Kier alpha value is -0.830. The van der Waals surface area contributed by atoms with Gasteiger partial charge in [-0.1, -0.05) is 0 Å². The first-order valence-electron chi connectivity index (χ1n) is 4.85. The molecule has 0 radical (unpaired) electrons. The normalized spacial score (nSPS) is 16.8. The summed E-state index contributed by atoms with van der Waals surface area (Å²) in [6, 6.07) is 0. The molecule has 0 aromatic rings. The highest BCUT2D eigenvalue weighted by atomic mass is 31.2. The highest BCUT2D eigenvalue weighted by molar-refractivity contribution is 7.48. The second-order valence-corrected chi connectivity index (χ2v) is 5.67. The van der Waals surface area contributed by atoms with Crippen molar-refractivity contribution in [3.63, 3.8) is 0 Å². The number of carbonyl (C=O) groups excluding carboxylic acids is 2. The number of hydrogen-bond acceptors (Lipinski definition) is 7. The minimum absolute atomic E-state index is 0.419. The van der Waals surface area contributed by atoms with Gasteiger partial charge >= 0.3 is 19.7 Å². The van der Waals surface area contributed by atoms with Crippen molar-refractivity contribution in [1.82, 2.24) is 0 Å². The summed E-state index contributed by atoms with van der Waals surface area (Å²) in [5.74, 6) is -2.57. The summed E-state index contributed by atoms with van der Waals surface area (Å²) in [7, 11) is -0.659. The minimum Gasteiger partial charge on any atom is -0.394 e. The summed E-state index contributed by atoms with van der Waals surface area (Å²) in [5.41, 5.74) is 0. The second kappa shape index (κ2) is 6.37. The molecular formula is C8H17NO8P+. The zero-order valence-corrected chi connectivity index (χ0v) is 11.2. The molecule has 0 aliphatic heterocycles. The lowest BCUT2D eigenvalue weighted by molar-refractivity contribution is -0.788. The van der Waals surface area contributed by atoms with Crippen molar-refractivity contribution in [3.05, 3.63) is 0 Å². The average Bonchev–Trinajstić information content (AvgIpc) is 2.22. The molecule has 18 heavy (non-hydrogen) atoms. The van der Waals surface area contributed by atoms with E-state index in [-0.39, 0.29) is 0 Å².